The lowest BCUT2D eigenvalue weighted by Crippen LogP contribution is -2.42. The Bertz CT molecular complexity index is 718. The summed E-state index contributed by atoms with van der Waals surface area (Å²) in [5.41, 5.74) is 1.75. The van der Waals surface area contributed by atoms with E-state index >= 15 is 0 Å². The van der Waals surface area contributed by atoms with Crippen LogP contribution in [0.3, 0.4) is 0 Å². The smallest absolute Gasteiger partial charge is 0.292 e. The van der Waals surface area contributed by atoms with Gasteiger partial charge in [0.05, 0.1) is 16.8 Å². The summed E-state index contributed by atoms with van der Waals surface area (Å²) in [5.74, 6) is 0. The standard InChI is InChI=1S/C15H18BrN5O2/c1-19-10-13(8-17-19)20-6-2-3-12(9-20)18-14-7-11(16)4-5-15(14)21(22)23/h4-5,7-8,10,12,18H,2-3,6,9H2,1H3. The summed E-state index contributed by atoms with van der Waals surface area (Å²) in [4.78, 5) is 13.1. The Balaban J connectivity index is 1.75. The lowest BCUT2D eigenvalue weighted by molar-refractivity contribution is -0.384. The monoisotopic (exact) mass is 379 g/mol. The minimum Gasteiger partial charge on any atom is -0.375 e. The van der Waals surface area contributed by atoms with Crippen molar-refractivity contribution in [1.29, 1.82) is 0 Å². The molecule has 0 spiro atoms. The van der Waals surface area contributed by atoms with Gasteiger partial charge in [-0.1, -0.05) is 15.9 Å². The second kappa shape index (κ2) is 6.57. The number of nitro benzene ring substituents is 1. The van der Waals surface area contributed by atoms with Gasteiger partial charge in [0.15, 0.2) is 0 Å². The van der Waals surface area contributed by atoms with E-state index in [9.17, 15) is 10.1 Å². The van der Waals surface area contributed by atoms with Gasteiger partial charge in [-0.15, -0.1) is 0 Å². The van der Waals surface area contributed by atoms with Crippen LogP contribution in [0.15, 0.2) is 35.1 Å². The number of benzene rings is 1. The van der Waals surface area contributed by atoms with Crippen molar-refractivity contribution in [3.05, 3.63) is 45.2 Å². The van der Waals surface area contributed by atoms with Gasteiger partial charge in [-0.25, -0.2) is 0 Å². The van der Waals surface area contributed by atoms with Crippen molar-refractivity contribution in [3.8, 4) is 0 Å². The molecule has 1 aliphatic rings. The van der Waals surface area contributed by atoms with Crippen molar-refractivity contribution >= 4 is 33.0 Å². The predicted octanol–water partition coefficient (Wildman–Crippen LogP) is 3.17. The topological polar surface area (TPSA) is 76.2 Å². The Labute approximate surface area is 142 Å². The van der Waals surface area contributed by atoms with Crippen molar-refractivity contribution in [2.75, 3.05) is 23.3 Å². The maximum absolute atomic E-state index is 11.2. The van der Waals surface area contributed by atoms with Crippen LogP contribution in [0, 0.1) is 10.1 Å². The molecule has 0 aliphatic carbocycles. The maximum Gasteiger partial charge on any atom is 0.292 e. The summed E-state index contributed by atoms with van der Waals surface area (Å²) in [6, 6.07) is 5.14. The van der Waals surface area contributed by atoms with Gasteiger partial charge in [0, 0.05) is 42.9 Å². The summed E-state index contributed by atoms with van der Waals surface area (Å²) in [5, 5.41) is 18.7. The first-order valence-electron chi connectivity index (χ1n) is 7.47. The molecular formula is C15H18BrN5O2. The molecule has 7 nitrogen and oxygen atoms in total. The third-order valence-electron chi connectivity index (χ3n) is 3.99. The minimum absolute atomic E-state index is 0.103. The summed E-state index contributed by atoms with van der Waals surface area (Å²) in [7, 11) is 1.90. The van der Waals surface area contributed by atoms with Crippen molar-refractivity contribution in [2.45, 2.75) is 18.9 Å². The zero-order valence-corrected chi connectivity index (χ0v) is 14.4. The van der Waals surface area contributed by atoms with Crippen molar-refractivity contribution in [3.63, 3.8) is 0 Å². The molecular weight excluding hydrogens is 362 g/mol. The van der Waals surface area contributed by atoms with E-state index in [4.69, 9.17) is 0 Å². The molecule has 2 heterocycles. The number of nitro groups is 1. The van der Waals surface area contributed by atoms with Gasteiger partial charge in [0.25, 0.3) is 5.69 Å². The van der Waals surface area contributed by atoms with E-state index in [0.717, 1.165) is 36.1 Å². The Hall–Kier alpha value is -2.09. The number of nitrogens with zero attached hydrogens (tertiary/aromatic N) is 4. The van der Waals surface area contributed by atoms with Gasteiger partial charge >= 0.3 is 0 Å². The van der Waals surface area contributed by atoms with Crippen LogP contribution in [-0.4, -0.2) is 33.8 Å². The number of piperidine rings is 1. The number of aromatic nitrogens is 2. The molecule has 1 atom stereocenters. The molecule has 1 aliphatic heterocycles. The lowest BCUT2D eigenvalue weighted by Gasteiger charge is -2.34. The molecule has 1 unspecified atom stereocenters. The van der Waals surface area contributed by atoms with Gasteiger partial charge in [-0.05, 0) is 25.0 Å². The van der Waals surface area contributed by atoms with Gasteiger partial charge in [0.1, 0.15) is 5.69 Å². The van der Waals surface area contributed by atoms with E-state index in [0.29, 0.717) is 5.69 Å². The quantitative estimate of drug-likeness (QED) is 0.651. The van der Waals surface area contributed by atoms with Crippen LogP contribution in [0.2, 0.25) is 0 Å². The van der Waals surface area contributed by atoms with E-state index in [1.807, 2.05) is 19.4 Å². The molecule has 0 bridgehead atoms. The second-order valence-corrected chi connectivity index (χ2v) is 6.64. The number of halogens is 1. The van der Waals surface area contributed by atoms with Crippen LogP contribution in [0.1, 0.15) is 12.8 Å². The number of anilines is 2. The van der Waals surface area contributed by atoms with Crippen LogP contribution >= 0.6 is 15.9 Å². The van der Waals surface area contributed by atoms with Gasteiger partial charge in [-0.2, -0.15) is 5.10 Å². The molecule has 1 aromatic heterocycles. The number of rotatable bonds is 4. The molecule has 1 N–H and O–H groups in total. The average molecular weight is 380 g/mol. The SMILES string of the molecule is Cn1cc(N2CCCC(Nc3cc(Br)ccc3[N+](=O)[O-])C2)cn1. The van der Waals surface area contributed by atoms with E-state index in [-0.39, 0.29) is 16.7 Å². The number of hydrogen-bond acceptors (Lipinski definition) is 5. The second-order valence-electron chi connectivity index (χ2n) is 5.72. The zero-order chi connectivity index (χ0) is 16.4. The molecule has 1 aromatic carbocycles. The molecule has 23 heavy (non-hydrogen) atoms. The molecule has 2 aromatic rings. The fourth-order valence-corrected chi connectivity index (χ4v) is 3.27. The molecule has 8 heteroatoms. The largest absolute Gasteiger partial charge is 0.375 e. The van der Waals surface area contributed by atoms with E-state index in [1.54, 1.807) is 16.8 Å². The van der Waals surface area contributed by atoms with Crippen LogP contribution in [0.5, 0.6) is 0 Å². The van der Waals surface area contributed by atoms with E-state index in [2.05, 4.69) is 31.2 Å². The third kappa shape index (κ3) is 3.64. The van der Waals surface area contributed by atoms with E-state index in [1.165, 1.54) is 6.07 Å². The number of nitrogens with one attached hydrogen (secondary N) is 1. The fourth-order valence-electron chi connectivity index (χ4n) is 2.90. The molecule has 1 saturated heterocycles. The number of hydrogen-bond donors (Lipinski definition) is 1. The van der Waals surface area contributed by atoms with Crippen LogP contribution in [-0.2, 0) is 7.05 Å². The molecule has 3 rings (SSSR count). The highest BCUT2D eigenvalue weighted by atomic mass is 79.9. The first-order chi connectivity index (χ1) is 11.0. The first-order valence-corrected chi connectivity index (χ1v) is 8.26. The average Bonchev–Trinajstić information content (AvgIpc) is 2.94. The van der Waals surface area contributed by atoms with Gasteiger partial charge < -0.3 is 10.2 Å². The minimum atomic E-state index is -0.351. The highest BCUT2D eigenvalue weighted by molar-refractivity contribution is 9.10. The molecule has 0 amide bonds. The Kier molecular flexibility index (Phi) is 4.51. The molecule has 0 radical (unpaired) electrons. The van der Waals surface area contributed by atoms with Crippen LogP contribution in [0.4, 0.5) is 17.1 Å². The van der Waals surface area contributed by atoms with Gasteiger partial charge in [0.2, 0.25) is 0 Å². The summed E-state index contributed by atoms with van der Waals surface area (Å²) in [6.07, 6.45) is 5.86. The predicted molar refractivity (Wildman–Crippen MR) is 92.9 cm³/mol. The first kappa shape index (κ1) is 15.8. The summed E-state index contributed by atoms with van der Waals surface area (Å²) in [6.45, 7) is 1.78. The van der Waals surface area contributed by atoms with Gasteiger partial charge in [-0.3, -0.25) is 14.8 Å². The Morgan fingerprint density at radius 3 is 3.00 bits per heavy atom. The zero-order valence-electron chi connectivity index (χ0n) is 12.8. The lowest BCUT2D eigenvalue weighted by atomic mass is 10.0. The summed E-state index contributed by atoms with van der Waals surface area (Å²) >= 11 is 3.38. The fraction of sp³-hybridized carbons (Fsp3) is 0.400. The van der Waals surface area contributed by atoms with Crippen molar-refractivity contribution < 1.29 is 4.92 Å². The number of aryl methyl sites for hydroxylation is 1. The summed E-state index contributed by atoms with van der Waals surface area (Å²) < 4.78 is 2.61. The maximum atomic E-state index is 11.2. The Morgan fingerprint density at radius 2 is 2.30 bits per heavy atom. The Morgan fingerprint density at radius 1 is 1.48 bits per heavy atom. The highest BCUT2D eigenvalue weighted by Crippen LogP contribution is 2.30. The van der Waals surface area contributed by atoms with Crippen molar-refractivity contribution in [1.82, 2.24) is 9.78 Å². The normalized spacial score (nSPS) is 18.0. The highest BCUT2D eigenvalue weighted by Gasteiger charge is 2.23. The van der Waals surface area contributed by atoms with E-state index < -0.39 is 0 Å². The third-order valence-corrected chi connectivity index (χ3v) is 4.49. The molecule has 122 valence electrons. The molecule has 0 saturated carbocycles. The van der Waals surface area contributed by atoms with Crippen LogP contribution < -0.4 is 10.2 Å². The molecule has 1 fully saturated rings. The van der Waals surface area contributed by atoms with Crippen LogP contribution in [0.25, 0.3) is 0 Å². The van der Waals surface area contributed by atoms with Crippen molar-refractivity contribution in [2.24, 2.45) is 7.05 Å².